The van der Waals surface area contributed by atoms with E-state index in [1.54, 1.807) is 0 Å². The van der Waals surface area contributed by atoms with Gasteiger partial charge in [-0.25, -0.2) is 4.98 Å². The second-order valence-corrected chi connectivity index (χ2v) is 5.32. The van der Waals surface area contributed by atoms with E-state index in [1.807, 2.05) is 0 Å². The molecule has 4 nitrogen and oxygen atoms in total. The first kappa shape index (κ1) is 10.6. The maximum absolute atomic E-state index is 4.61. The van der Waals surface area contributed by atoms with Crippen LogP contribution in [0.4, 0.5) is 0 Å². The van der Waals surface area contributed by atoms with Gasteiger partial charge in [-0.3, -0.25) is 5.10 Å². The largest absolute Gasteiger partial charge is 0.317 e. The third-order valence-corrected chi connectivity index (χ3v) is 2.90. The van der Waals surface area contributed by atoms with Gasteiger partial charge >= 0.3 is 0 Å². The van der Waals surface area contributed by atoms with Gasteiger partial charge in [0, 0.05) is 11.3 Å². The Morgan fingerprint density at radius 1 is 1.20 bits per heavy atom. The smallest absolute Gasteiger partial charge is 0.156 e. The van der Waals surface area contributed by atoms with Crippen molar-refractivity contribution >= 4 is 0 Å². The van der Waals surface area contributed by atoms with Gasteiger partial charge in [-0.1, -0.05) is 20.8 Å². The zero-order chi connectivity index (χ0) is 10.9. The Balaban J connectivity index is 2.12. The molecule has 1 aromatic rings. The van der Waals surface area contributed by atoms with Crippen LogP contribution >= 0.6 is 0 Å². The molecular formula is C11H20N4. The van der Waals surface area contributed by atoms with Crippen molar-refractivity contribution in [1.29, 1.82) is 0 Å². The second kappa shape index (κ2) is 3.93. The van der Waals surface area contributed by atoms with E-state index in [1.165, 1.54) is 12.8 Å². The highest BCUT2D eigenvalue weighted by Crippen LogP contribution is 2.24. The number of nitrogens with one attached hydrogen (secondary N) is 2. The molecule has 2 heterocycles. The number of hydrogen-bond acceptors (Lipinski definition) is 3. The Bertz CT molecular complexity index is 318. The summed E-state index contributed by atoms with van der Waals surface area (Å²) in [5.41, 5.74) is 0.0433. The van der Waals surface area contributed by atoms with Gasteiger partial charge in [0.25, 0.3) is 0 Å². The highest BCUT2D eigenvalue weighted by atomic mass is 15.2. The molecular weight excluding hydrogens is 188 g/mol. The Morgan fingerprint density at radius 3 is 2.40 bits per heavy atom. The van der Waals surface area contributed by atoms with Crippen LogP contribution < -0.4 is 5.32 Å². The molecule has 1 aliphatic rings. The zero-order valence-corrected chi connectivity index (χ0v) is 9.80. The number of aromatic amines is 1. The van der Waals surface area contributed by atoms with Crippen molar-refractivity contribution in [3.63, 3.8) is 0 Å². The van der Waals surface area contributed by atoms with Crippen LogP contribution in [0, 0.1) is 0 Å². The molecule has 1 fully saturated rings. The number of aromatic nitrogens is 3. The van der Waals surface area contributed by atoms with Crippen LogP contribution in [0.15, 0.2) is 0 Å². The number of hydrogen-bond donors (Lipinski definition) is 2. The molecule has 15 heavy (non-hydrogen) atoms. The molecule has 0 amide bonds. The molecule has 0 aromatic carbocycles. The molecule has 1 aromatic heterocycles. The van der Waals surface area contributed by atoms with Crippen molar-refractivity contribution in [3.05, 3.63) is 11.6 Å². The molecule has 0 radical (unpaired) electrons. The fourth-order valence-electron chi connectivity index (χ4n) is 1.89. The van der Waals surface area contributed by atoms with E-state index in [4.69, 9.17) is 0 Å². The van der Waals surface area contributed by atoms with Crippen molar-refractivity contribution in [3.8, 4) is 0 Å². The van der Waals surface area contributed by atoms with Gasteiger partial charge in [0.15, 0.2) is 5.82 Å². The van der Waals surface area contributed by atoms with Crippen LogP contribution in [0.5, 0.6) is 0 Å². The third-order valence-electron chi connectivity index (χ3n) is 2.90. The summed E-state index contributed by atoms with van der Waals surface area (Å²) in [5, 5.41) is 10.8. The van der Waals surface area contributed by atoms with Crippen LogP contribution in [0.2, 0.25) is 0 Å². The molecule has 1 saturated heterocycles. The van der Waals surface area contributed by atoms with Crippen molar-refractivity contribution in [2.24, 2.45) is 0 Å². The minimum atomic E-state index is 0.0433. The van der Waals surface area contributed by atoms with Gasteiger partial charge in [-0.2, -0.15) is 5.10 Å². The summed E-state index contributed by atoms with van der Waals surface area (Å²) in [6.07, 6.45) is 2.33. The van der Waals surface area contributed by atoms with Gasteiger partial charge in [0.05, 0.1) is 0 Å². The summed E-state index contributed by atoms with van der Waals surface area (Å²) < 4.78 is 0. The van der Waals surface area contributed by atoms with Gasteiger partial charge < -0.3 is 5.32 Å². The first-order valence-corrected chi connectivity index (χ1v) is 5.71. The van der Waals surface area contributed by atoms with E-state index >= 15 is 0 Å². The Morgan fingerprint density at radius 2 is 1.87 bits per heavy atom. The topological polar surface area (TPSA) is 53.6 Å². The molecule has 0 aliphatic carbocycles. The lowest BCUT2D eigenvalue weighted by molar-refractivity contribution is 0.445. The Kier molecular flexibility index (Phi) is 2.78. The van der Waals surface area contributed by atoms with E-state index in [9.17, 15) is 0 Å². The summed E-state index contributed by atoms with van der Waals surface area (Å²) in [6.45, 7) is 8.61. The molecule has 0 unspecified atom stereocenters. The third kappa shape index (κ3) is 2.37. The van der Waals surface area contributed by atoms with E-state index in [0.29, 0.717) is 5.92 Å². The zero-order valence-electron chi connectivity index (χ0n) is 9.80. The molecule has 1 aliphatic heterocycles. The second-order valence-electron chi connectivity index (χ2n) is 5.32. The van der Waals surface area contributed by atoms with Gasteiger partial charge in [0.1, 0.15) is 5.82 Å². The number of rotatable bonds is 1. The minimum absolute atomic E-state index is 0.0433. The number of H-pyrrole nitrogens is 1. The Labute approximate surface area is 90.9 Å². The standard InChI is InChI=1S/C11H20N4/c1-11(2,3)10-13-9(14-15-10)8-4-6-12-7-5-8/h8,12H,4-7H2,1-3H3,(H,13,14,15). The molecule has 0 saturated carbocycles. The molecule has 2 rings (SSSR count). The first-order chi connectivity index (χ1) is 7.07. The van der Waals surface area contributed by atoms with Crippen molar-refractivity contribution in [1.82, 2.24) is 20.5 Å². The van der Waals surface area contributed by atoms with Crippen molar-refractivity contribution < 1.29 is 0 Å². The van der Waals surface area contributed by atoms with Gasteiger partial charge in [-0.05, 0) is 25.9 Å². The van der Waals surface area contributed by atoms with Crippen molar-refractivity contribution in [2.75, 3.05) is 13.1 Å². The van der Waals surface area contributed by atoms with Crippen LogP contribution in [-0.2, 0) is 5.41 Å². The molecule has 2 N–H and O–H groups in total. The predicted octanol–water partition coefficient (Wildman–Crippen LogP) is 1.57. The molecule has 4 heteroatoms. The van der Waals surface area contributed by atoms with Gasteiger partial charge in [0.2, 0.25) is 0 Å². The summed E-state index contributed by atoms with van der Waals surface area (Å²) in [7, 11) is 0. The van der Waals surface area contributed by atoms with Crippen LogP contribution in [0.25, 0.3) is 0 Å². The summed E-state index contributed by atoms with van der Waals surface area (Å²) in [5.74, 6) is 2.56. The molecule has 84 valence electrons. The first-order valence-electron chi connectivity index (χ1n) is 5.71. The summed E-state index contributed by atoms with van der Waals surface area (Å²) in [6, 6.07) is 0. The lowest BCUT2D eigenvalue weighted by Gasteiger charge is -2.20. The lowest BCUT2D eigenvalue weighted by atomic mass is 9.95. The fraction of sp³-hybridized carbons (Fsp3) is 0.818. The van der Waals surface area contributed by atoms with E-state index in [-0.39, 0.29) is 5.41 Å². The van der Waals surface area contributed by atoms with E-state index in [2.05, 4.69) is 41.3 Å². The quantitative estimate of drug-likeness (QED) is 0.736. The summed E-state index contributed by atoms with van der Waals surface area (Å²) >= 11 is 0. The summed E-state index contributed by atoms with van der Waals surface area (Å²) in [4.78, 5) is 4.61. The molecule has 0 spiro atoms. The van der Waals surface area contributed by atoms with Crippen LogP contribution in [0.1, 0.15) is 51.2 Å². The maximum atomic E-state index is 4.61. The predicted molar refractivity (Wildman–Crippen MR) is 59.9 cm³/mol. The fourth-order valence-corrected chi connectivity index (χ4v) is 1.89. The normalized spacial score (nSPS) is 19.4. The molecule has 0 atom stereocenters. The van der Waals surface area contributed by atoms with Crippen LogP contribution in [0.3, 0.4) is 0 Å². The lowest BCUT2D eigenvalue weighted by Crippen LogP contribution is -2.27. The highest BCUT2D eigenvalue weighted by Gasteiger charge is 2.23. The van der Waals surface area contributed by atoms with Crippen molar-refractivity contribution in [2.45, 2.75) is 44.9 Å². The SMILES string of the molecule is CC(C)(C)c1n[nH]c(C2CCNCC2)n1. The number of piperidine rings is 1. The maximum Gasteiger partial charge on any atom is 0.156 e. The van der Waals surface area contributed by atoms with E-state index in [0.717, 1.165) is 24.7 Å². The van der Waals surface area contributed by atoms with Crippen LogP contribution in [-0.4, -0.2) is 28.3 Å². The monoisotopic (exact) mass is 208 g/mol. The minimum Gasteiger partial charge on any atom is -0.317 e. The van der Waals surface area contributed by atoms with E-state index < -0.39 is 0 Å². The highest BCUT2D eigenvalue weighted by molar-refractivity contribution is 5.06. The van der Waals surface area contributed by atoms with Gasteiger partial charge in [-0.15, -0.1) is 0 Å². The molecule has 0 bridgehead atoms. The number of nitrogens with zero attached hydrogens (tertiary/aromatic N) is 2. The average Bonchev–Trinajstić information content (AvgIpc) is 2.67. The average molecular weight is 208 g/mol. The Hall–Kier alpha value is -0.900.